The monoisotopic (exact) mass is 438 g/mol. The Labute approximate surface area is 188 Å². The van der Waals surface area contributed by atoms with Crippen LogP contribution >= 0.6 is 0 Å². The van der Waals surface area contributed by atoms with Gasteiger partial charge in [0.25, 0.3) is 0 Å². The lowest BCUT2D eigenvalue weighted by atomic mass is 10.1. The van der Waals surface area contributed by atoms with Crippen molar-refractivity contribution in [3.05, 3.63) is 65.7 Å². The molecule has 32 heavy (non-hydrogen) atoms. The van der Waals surface area contributed by atoms with Crippen LogP contribution in [0.3, 0.4) is 0 Å². The molecule has 170 valence electrons. The number of hydrogen-bond donors (Lipinski definition) is 1. The Morgan fingerprint density at radius 2 is 1.78 bits per heavy atom. The van der Waals surface area contributed by atoms with Crippen molar-refractivity contribution < 1.29 is 23.8 Å². The Bertz CT molecular complexity index is 949. The number of amides is 1. The number of alkyl carbamates (subject to hydrolysis) is 1. The number of ether oxygens (including phenoxy) is 3. The summed E-state index contributed by atoms with van der Waals surface area (Å²) in [5, 5.41) is 2.89. The molecule has 0 saturated carbocycles. The van der Waals surface area contributed by atoms with Crippen LogP contribution in [-0.4, -0.2) is 42.3 Å². The molecule has 2 aromatic carbocycles. The zero-order valence-electron chi connectivity index (χ0n) is 19.0. The topological polar surface area (TPSA) is 86.2 Å². The molecule has 2 atom stereocenters. The number of benzene rings is 2. The number of aliphatic imine (C=N–C) groups is 1. The average Bonchev–Trinajstić information content (AvgIpc) is 3.16. The molecule has 2 aromatic rings. The van der Waals surface area contributed by atoms with Gasteiger partial charge in [-0.1, -0.05) is 42.5 Å². The van der Waals surface area contributed by atoms with Gasteiger partial charge < -0.3 is 19.5 Å². The zero-order chi connectivity index (χ0) is 23.1. The van der Waals surface area contributed by atoms with E-state index in [1.54, 1.807) is 12.1 Å². The molecule has 7 nitrogen and oxygen atoms in total. The molecule has 1 N–H and O–H groups in total. The quantitative estimate of drug-likeness (QED) is 0.520. The standard InChI is InChI=1S/C25H30N2O5/c1-17(28)31-21-12-10-19(11-13-21)15-22(27-24(29)32-25(2,3)4)23-26-20(16-30-23)14-18-8-6-5-7-9-18/h5-13,20,22H,14-16H2,1-4H3,(H,27,29)/t20-,22+/m0/s1. The third-order valence-corrected chi connectivity index (χ3v) is 4.66. The summed E-state index contributed by atoms with van der Waals surface area (Å²) in [5.41, 5.74) is 1.50. The highest BCUT2D eigenvalue weighted by atomic mass is 16.6. The lowest BCUT2D eigenvalue weighted by Gasteiger charge is -2.23. The normalized spacial score (nSPS) is 16.5. The van der Waals surface area contributed by atoms with Crippen molar-refractivity contribution in [2.45, 2.75) is 58.2 Å². The van der Waals surface area contributed by atoms with Gasteiger partial charge >= 0.3 is 12.1 Å². The zero-order valence-corrected chi connectivity index (χ0v) is 19.0. The third-order valence-electron chi connectivity index (χ3n) is 4.66. The Hall–Kier alpha value is -3.35. The lowest BCUT2D eigenvalue weighted by Crippen LogP contribution is -2.44. The molecule has 0 saturated heterocycles. The van der Waals surface area contributed by atoms with Crippen LogP contribution in [0.15, 0.2) is 59.6 Å². The van der Waals surface area contributed by atoms with Crippen LogP contribution < -0.4 is 10.1 Å². The van der Waals surface area contributed by atoms with Crippen LogP contribution in [0.4, 0.5) is 4.79 Å². The van der Waals surface area contributed by atoms with Crippen LogP contribution in [-0.2, 0) is 27.1 Å². The first-order chi connectivity index (χ1) is 15.2. The molecule has 1 aliphatic heterocycles. The Morgan fingerprint density at radius 3 is 2.41 bits per heavy atom. The number of nitrogens with zero attached hydrogens (tertiary/aromatic N) is 1. The van der Waals surface area contributed by atoms with Crippen LogP contribution in [0.5, 0.6) is 5.75 Å². The van der Waals surface area contributed by atoms with Crippen LogP contribution in [0, 0.1) is 0 Å². The molecular weight excluding hydrogens is 408 g/mol. The van der Waals surface area contributed by atoms with Gasteiger partial charge in [0.05, 0.1) is 6.04 Å². The maximum Gasteiger partial charge on any atom is 0.408 e. The van der Waals surface area contributed by atoms with E-state index in [0.717, 1.165) is 12.0 Å². The highest BCUT2D eigenvalue weighted by Gasteiger charge is 2.29. The van der Waals surface area contributed by atoms with E-state index in [-0.39, 0.29) is 12.0 Å². The first-order valence-electron chi connectivity index (χ1n) is 10.7. The van der Waals surface area contributed by atoms with Crippen molar-refractivity contribution in [3.8, 4) is 5.75 Å². The largest absolute Gasteiger partial charge is 0.477 e. The highest BCUT2D eigenvalue weighted by Crippen LogP contribution is 2.18. The fourth-order valence-electron chi connectivity index (χ4n) is 3.36. The van der Waals surface area contributed by atoms with Crippen molar-refractivity contribution in [3.63, 3.8) is 0 Å². The molecule has 0 radical (unpaired) electrons. The summed E-state index contributed by atoms with van der Waals surface area (Å²) in [5.74, 6) is 0.580. The minimum absolute atomic E-state index is 0.0123. The van der Waals surface area contributed by atoms with Gasteiger partial charge in [-0.2, -0.15) is 0 Å². The van der Waals surface area contributed by atoms with E-state index in [0.29, 0.717) is 24.7 Å². The molecule has 1 heterocycles. The van der Waals surface area contributed by atoms with Crippen LogP contribution in [0.2, 0.25) is 0 Å². The number of rotatable bonds is 7. The van der Waals surface area contributed by atoms with E-state index < -0.39 is 17.7 Å². The lowest BCUT2D eigenvalue weighted by molar-refractivity contribution is -0.131. The molecule has 0 bridgehead atoms. The summed E-state index contributed by atoms with van der Waals surface area (Å²) in [4.78, 5) is 28.3. The molecule has 1 amide bonds. The van der Waals surface area contributed by atoms with E-state index in [1.807, 2.05) is 51.1 Å². The van der Waals surface area contributed by atoms with Crippen molar-refractivity contribution in [1.82, 2.24) is 5.32 Å². The number of esters is 1. The van der Waals surface area contributed by atoms with E-state index in [9.17, 15) is 9.59 Å². The molecule has 3 rings (SSSR count). The fourth-order valence-corrected chi connectivity index (χ4v) is 3.36. The fraction of sp³-hybridized carbons (Fsp3) is 0.400. The van der Waals surface area contributed by atoms with Crippen LogP contribution in [0.1, 0.15) is 38.8 Å². The van der Waals surface area contributed by atoms with Gasteiger partial charge in [-0.25, -0.2) is 9.79 Å². The smallest absolute Gasteiger partial charge is 0.408 e. The van der Waals surface area contributed by atoms with Gasteiger partial charge in [0, 0.05) is 13.3 Å². The van der Waals surface area contributed by atoms with Crippen molar-refractivity contribution in [2.24, 2.45) is 4.99 Å². The van der Waals surface area contributed by atoms with E-state index >= 15 is 0 Å². The summed E-state index contributed by atoms with van der Waals surface area (Å²) in [6.45, 7) is 7.26. The Balaban J connectivity index is 1.73. The van der Waals surface area contributed by atoms with Gasteiger partial charge in [0.15, 0.2) is 0 Å². The predicted octanol–water partition coefficient (Wildman–Crippen LogP) is 4.09. The number of carbonyl (C=O) groups is 2. The van der Waals surface area contributed by atoms with Crippen molar-refractivity contribution >= 4 is 18.0 Å². The average molecular weight is 439 g/mol. The van der Waals surface area contributed by atoms with Gasteiger partial charge in [0.1, 0.15) is 24.0 Å². The Kier molecular flexibility index (Phi) is 7.51. The van der Waals surface area contributed by atoms with Crippen LogP contribution in [0.25, 0.3) is 0 Å². The number of carbonyl (C=O) groups excluding carboxylic acids is 2. The minimum Gasteiger partial charge on any atom is -0.477 e. The molecule has 0 fully saturated rings. The summed E-state index contributed by atoms with van der Waals surface area (Å²) in [6.07, 6.45) is 0.689. The molecule has 0 aromatic heterocycles. The first kappa shape index (κ1) is 23.3. The maximum atomic E-state index is 12.5. The van der Waals surface area contributed by atoms with Crippen molar-refractivity contribution in [1.29, 1.82) is 0 Å². The van der Waals surface area contributed by atoms with Gasteiger partial charge in [-0.3, -0.25) is 4.79 Å². The summed E-state index contributed by atoms with van der Waals surface area (Å²) in [7, 11) is 0. The second-order valence-electron chi connectivity index (χ2n) is 8.76. The third kappa shape index (κ3) is 7.41. The minimum atomic E-state index is -0.617. The highest BCUT2D eigenvalue weighted by molar-refractivity contribution is 5.87. The van der Waals surface area contributed by atoms with Gasteiger partial charge in [-0.15, -0.1) is 0 Å². The summed E-state index contributed by atoms with van der Waals surface area (Å²) in [6, 6.07) is 16.8. The van der Waals surface area contributed by atoms with Gasteiger partial charge in [0.2, 0.25) is 5.90 Å². The molecule has 7 heteroatoms. The van der Waals surface area contributed by atoms with E-state index in [1.165, 1.54) is 12.5 Å². The Morgan fingerprint density at radius 1 is 1.09 bits per heavy atom. The predicted molar refractivity (Wildman–Crippen MR) is 122 cm³/mol. The molecule has 0 unspecified atom stereocenters. The molecule has 0 aliphatic carbocycles. The first-order valence-corrected chi connectivity index (χ1v) is 10.7. The SMILES string of the molecule is CC(=O)Oc1ccc(C[C@@H](NC(=O)OC(C)(C)C)C2=N[C@@H](Cc3ccccc3)CO2)cc1. The number of hydrogen-bond acceptors (Lipinski definition) is 6. The molecule has 0 spiro atoms. The second kappa shape index (κ2) is 10.3. The molecular formula is C25H30N2O5. The van der Waals surface area contributed by atoms with Gasteiger partial charge in [-0.05, 0) is 50.5 Å². The summed E-state index contributed by atoms with van der Waals surface area (Å²) < 4.78 is 16.4. The molecule has 1 aliphatic rings. The van der Waals surface area contributed by atoms with E-state index in [4.69, 9.17) is 19.2 Å². The summed E-state index contributed by atoms with van der Waals surface area (Å²) >= 11 is 0. The number of nitrogens with one attached hydrogen (secondary N) is 1. The second-order valence-corrected chi connectivity index (χ2v) is 8.76. The maximum absolute atomic E-state index is 12.5. The van der Waals surface area contributed by atoms with Crippen molar-refractivity contribution in [2.75, 3.05) is 6.61 Å². The van der Waals surface area contributed by atoms with E-state index in [2.05, 4.69) is 17.4 Å².